The molecule has 1 aliphatic heterocycles. The van der Waals surface area contributed by atoms with E-state index in [1.54, 1.807) is 18.2 Å². The number of carbonyl (C=O) groups is 1. The summed E-state index contributed by atoms with van der Waals surface area (Å²) in [7, 11) is 0. The zero-order valence-corrected chi connectivity index (χ0v) is 14.5. The van der Waals surface area contributed by atoms with Crippen molar-refractivity contribution in [3.05, 3.63) is 40.9 Å². The number of carbonyl (C=O) groups excluding carboxylic acids is 1. The first-order chi connectivity index (χ1) is 11.1. The Labute approximate surface area is 147 Å². The second-order valence-electron chi connectivity index (χ2n) is 6.30. The Kier molecular flexibility index (Phi) is 5.96. The molecule has 0 spiro atoms. The summed E-state index contributed by atoms with van der Waals surface area (Å²) < 4.78 is 1.39. The van der Waals surface area contributed by atoms with Gasteiger partial charge < -0.3 is 10.6 Å². The van der Waals surface area contributed by atoms with Gasteiger partial charge in [0.25, 0.3) is 5.56 Å². The fourth-order valence-electron chi connectivity index (χ4n) is 3.13. The number of aromatic nitrogens is 2. The average Bonchev–Trinajstić information content (AvgIpc) is 2.57. The predicted octanol–water partition coefficient (Wildman–Crippen LogP) is 1.40. The van der Waals surface area contributed by atoms with Gasteiger partial charge in [-0.25, -0.2) is 4.98 Å². The summed E-state index contributed by atoms with van der Waals surface area (Å²) in [5.74, 6) is 0.286. The van der Waals surface area contributed by atoms with Crippen molar-refractivity contribution in [2.24, 2.45) is 11.7 Å². The molecule has 2 heterocycles. The maximum Gasteiger partial charge on any atom is 0.261 e. The number of nitrogens with two attached hydrogens (primary N) is 1. The van der Waals surface area contributed by atoms with E-state index in [1.165, 1.54) is 10.9 Å². The maximum atomic E-state index is 12.5. The molecule has 0 bridgehead atoms. The number of likely N-dealkylation sites (tertiary alicyclic amines) is 1. The van der Waals surface area contributed by atoms with E-state index in [1.807, 2.05) is 17.9 Å². The number of amides is 1. The lowest BCUT2D eigenvalue weighted by Gasteiger charge is -2.34. The third-order valence-electron chi connectivity index (χ3n) is 4.59. The molecule has 7 heteroatoms. The maximum absolute atomic E-state index is 12.5. The van der Waals surface area contributed by atoms with Crippen molar-refractivity contribution >= 4 is 29.2 Å². The molecule has 0 aliphatic carbocycles. The summed E-state index contributed by atoms with van der Waals surface area (Å²) in [5, 5.41) is 0.537. The molecule has 1 amide bonds. The summed E-state index contributed by atoms with van der Waals surface area (Å²) >= 11 is 0. The minimum atomic E-state index is -0.176. The van der Waals surface area contributed by atoms with Gasteiger partial charge in [-0.3, -0.25) is 14.2 Å². The standard InChI is InChI=1S/C17H22N4O2.ClH/c1-12(18)13-5-4-8-20(9-13)16(22)10-21-11-19-15-7-3-2-6-14(15)17(21)23;/h2-3,6-7,11-13H,4-5,8-10,18H2,1H3;1H. The van der Waals surface area contributed by atoms with Crippen molar-refractivity contribution in [3.8, 4) is 0 Å². The van der Waals surface area contributed by atoms with Gasteiger partial charge in [-0.1, -0.05) is 12.1 Å². The number of hydrogen-bond donors (Lipinski definition) is 1. The Morgan fingerprint density at radius 1 is 1.42 bits per heavy atom. The second-order valence-corrected chi connectivity index (χ2v) is 6.30. The highest BCUT2D eigenvalue weighted by molar-refractivity contribution is 5.85. The van der Waals surface area contributed by atoms with Crippen LogP contribution in [-0.2, 0) is 11.3 Å². The average molecular weight is 351 g/mol. The Balaban J connectivity index is 0.00000208. The molecule has 1 aliphatic rings. The van der Waals surface area contributed by atoms with Crippen molar-refractivity contribution < 1.29 is 4.79 Å². The van der Waals surface area contributed by atoms with Crippen LogP contribution >= 0.6 is 12.4 Å². The minimum absolute atomic E-state index is 0. The molecule has 0 radical (unpaired) electrons. The number of piperidine rings is 1. The van der Waals surface area contributed by atoms with E-state index >= 15 is 0 Å². The fraction of sp³-hybridized carbons (Fsp3) is 0.471. The minimum Gasteiger partial charge on any atom is -0.341 e. The molecule has 1 aromatic carbocycles. The number of rotatable bonds is 3. The van der Waals surface area contributed by atoms with E-state index < -0.39 is 0 Å². The van der Waals surface area contributed by atoms with Crippen LogP contribution in [0.1, 0.15) is 19.8 Å². The smallest absolute Gasteiger partial charge is 0.261 e. The third kappa shape index (κ3) is 3.76. The van der Waals surface area contributed by atoms with Gasteiger partial charge in [-0.05, 0) is 37.8 Å². The lowest BCUT2D eigenvalue weighted by atomic mass is 9.92. The van der Waals surface area contributed by atoms with E-state index in [0.717, 1.165) is 19.4 Å². The Bertz CT molecular complexity index is 775. The molecule has 2 unspecified atom stereocenters. The summed E-state index contributed by atoms with van der Waals surface area (Å²) in [5.41, 5.74) is 6.44. The number of hydrogen-bond acceptors (Lipinski definition) is 4. The Morgan fingerprint density at radius 3 is 2.92 bits per heavy atom. The van der Waals surface area contributed by atoms with Crippen molar-refractivity contribution in [3.63, 3.8) is 0 Å². The highest BCUT2D eigenvalue weighted by Gasteiger charge is 2.26. The molecular formula is C17H23ClN4O2. The van der Waals surface area contributed by atoms with Crippen LogP contribution in [0.25, 0.3) is 10.9 Å². The van der Waals surface area contributed by atoms with E-state index in [4.69, 9.17) is 5.73 Å². The van der Waals surface area contributed by atoms with Gasteiger partial charge in [-0.2, -0.15) is 0 Å². The largest absolute Gasteiger partial charge is 0.341 e. The summed E-state index contributed by atoms with van der Waals surface area (Å²) in [6.45, 7) is 3.42. The third-order valence-corrected chi connectivity index (χ3v) is 4.59. The van der Waals surface area contributed by atoms with E-state index in [0.29, 0.717) is 23.4 Å². The lowest BCUT2D eigenvalue weighted by molar-refractivity contribution is -0.133. The molecule has 1 fully saturated rings. The number of halogens is 1. The van der Waals surface area contributed by atoms with Crippen LogP contribution < -0.4 is 11.3 Å². The highest BCUT2D eigenvalue weighted by atomic mass is 35.5. The van der Waals surface area contributed by atoms with Crippen LogP contribution in [0.5, 0.6) is 0 Å². The number of fused-ring (bicyclic) bond motifs is 1. The number of para-hydroxylation sites is 1. The zero-order valence-electron chi connectivity index (χ0n) is 13.7. The van der Waals surface area contributed by atoms with Gasteiger partial charge in [0.2, 0.25) is 5.91 Å². The van der Waals surface area contributed by atoms with Gasteiger partial charge in [0.1, 0.15) is 6.54 Å². The van der Waals surface area contributed by atoms with Crippen LogP contribution in [0.2, 0.25) is 0 Å². The van der Waals surface area contributed by atoms with Gasteiger partial charge in [0.05, 0.1) is 17.2 Å². The van der Waals surface area contributed by atoms with Crippen molar-refractivity contribution in [2.45, 2.75) is 32.4 Å². The number of benzene rings is 1. The van der Waals surface area contributed by atoms with Crippen LogP contribution in [0.15, 0.2) is 35.4 Å². The first-order valence-electron chi connectivity index (χ1n) is 8.04. The molecule has 24 heavy (non-hydrogen) atoms. The monoisotopic (exact) mass is 350 g/mol. The summed E-state index contributed by atoms with van der Waals surface area (Å²) in [4.78, 5) is 31.0. The number of nitrogens with zero attached hydrogens (tertiary/aromatic N) is 3. The molecule has 3 rings (SSSR count). The van der Waals surface area contributed by atoms with Crippen LogP contribution in [0, 0.1) is 5.92 Å². The molecule has 2 atom stereocenters. The predicted molar refractivity (Wildman–Crippen MR) is 96.2 cm³/mol. The van der Waals surface area contributed by atoms with Gasteiger partial charge in [0, 0.05) is 19.1 Å². The normalized spacial score (nSPS) is 18.9. The van der Waals surface area contributed by atoms with Crippen molar-refractivity contribution in [1.82, 2.24) is 14.5 Å². The van der Waals surface area contributed by atoms with E-state index in [9.17, 15) is 9.59 Å². The quantitative estimate of drug-likeness (QED) is 0.907. The SMILES string of the molecule is CC(N)C1CCCN(C(=O)Cn2cnc3ccccc3c2=O)C1.Cl. The van der Waals surface area contributed by atoms with Crippen molar-refractivity contribution in [2.75, 3.05) is 13.1 Å². The van der Waals surface area contributed by atoms with Crippen LogP contribution in [0.4, 0.5) is 0 Å². The second kappa shape index (κ2) is 7.77. The molecule has 2 aromatic rings. The lowest BCUT2D eigenvalue weighted by Crippen LogP contribution is -2.46. The van der Waals surface area contributed by atoms with Gasteiger partial charge in [0.15, 0.2) is 0 Å². The molecule has 1 saturated heterocycles. The van der Waals surface area contributed by atoms with Crippen molar-refractivity contribution in [1.29, 1.82) is 0 Å². The topological polar surface area (TPSA) is 81.2 Å². The fourth-order valence-corrected chi connectivity index (χ4v) is 3.13. The van der Waals surface area contributed by atoms with Gasteiger partial charge in [-0.15, -0.1) is 12.4 Å². The molecule has 0 saturated carbocycles. The Hall–Kier alpha value is -1.92. The van der Waals surface area contributed by atoms with E-state index in [2.05, 4.69) is 4.98 Å². The molecule has 1 aromatic heterocycles. The summed E-state index contributed by atoms with van der Waals surface area (Å²) in [6.07, 6.45) is 3.47. The molecular weight excluding hydrogens is 328 g/mol. The zero-order chi connectivity index (χ0) is 16.4. The van der Waals surface area contributed by atoms with Crippen LogP contribution in [0.3, 0.4) is 0 Å². The molecule has 130 valence electrons. The highest BCUT2D eigenvalue weighted by Crippen LogP contribution is 2.19. The first kappa shape index (κ1) is 18.4. The molecule has 2 N–H and O–H groups in total. The van der Waals surface area contributed by atoms with Gasteiger partial charge >= 0.3 is 0 Å². The summed E-state index contributed by atoms with van der Waals surface area (Å²) in [6, 6.07) is 7.25. The molecule has 6 nitrogen and oxygen atoms in total. The van der Waals surface area contributed by atoms with Crippen LogP contribution in [-0.4, -0.2) is 39.5 Å². The van der Waals surface area contributed by atoms with E-state index in [-0.39, 0.29) is 36.5 Å². The Morgan fingerprint density at radius 2 is 2.17 bits per heavy atom. The first-order valence-corrected chi connectivity index (χ1v) is 8.04.